The van der Waals surface area contributed by atoms with Crippen molar-refractivity contribution < 1.29 is 13.2 Å². The second kappa shape index (κ2) is 7.86. The summed E-state index contributed by atoms with van der Waals surface area (Å²) >= 11 is 11.8. The first-order valence-corrected chi connectivity index (χ1v) is 10.3. The summed E-state index contributed by atoms with van der Waals surface area (Å²) in [4.78, 5) is 12.4. The first-order valence-electron chi connectivity index (χ1n) is 8.03. The Kier molecular flexibility index (Phi) is 5.72. The highest BCUT2D eigenvalue weighted by atomic mass is 35.5. The third kappa shape index (κ3) is 4.78. The lowest BCUT2D eigenvalue weighted by Crippen LogP contribution is -2.41. The Morgan fingerprint density at radius 3 is 2.22 bits per heavy atom. The summed E-state index contributed by atoms with van der Waals surface area (Å²) in [6, 6.07) is 15.8. The molecule has 3 aromatic rings. The molecule has 27 heavy (non-hydrogen) atoms. The summed E-state index contributed by atoms with van der Waals surface area (Å²) in [6.07, 6.45) is 0. The topological polar surface area (TPSA) is 75.3 Å². The molecule has 0 aromatic heterocycles. The zero-order chi connectivity index (χ0) is 19.6. The zero-order valence-electron chi connectivity index (χ0n) is 14.2. The van der Waals surface area contributed by atoms with E-state index in [1.807, 2.05) is 24.3 Å². The molecule has 2 N–H and O–H groups in total. The molecule has 0 aliphatic rings. The Hall–Kier alpha value is -2.12. The van der Waals surface area contributed by atoms with E-state index in [1.54, 1.807) is 12.1 Å². The van der Waals surface area contributed by atoms with Crippen LogP contribution in [0.4, 0.5) is 5.69 Å². The first-order chi connectivity index (χ1) is 12.7. The predicted molar refractivity (Wildman–Crippen MR) is 109 cm³/mol. The molecule has 0 saturated carbocycles. The molecule has 0 aliphatic heterocycles. The molecule has 0 unspecified atom stereocenters. The number of amides is 1. The van der Waals surface area contributed by atoms with E-state index < -0.39 is 22.0 Å². The number of carbonyl (C=O) groups is 1. The van der Waals surface area contributed by atoms with Gasteiger partial charge in [0.1, 0.15) is 0 Å². The predicted octanol–water partition coefficient (Wildman–Crippen LogP) is 4.45. The van der Waals surface area contributed by atoms with Crippen molar-refractivity contribution in [3.05, 3.63) is 70.7 Å². The van der Waals surface area contributed by atoms with Gasteiger partial charge in [-0.05, 0) is 48.0 Å². The molecule has 3 rings (SSSR count). The standard InChI is InChI=1S/C19H16Cl2N2O3S/c1-12(19(24)22-17-10-15(20)9-16(21)11-17)23-27(25,26)18-7-6-13-4-2-3-5-14(13)8-18/h2-12,23H,1H3,(H,22,24)/t12-/m0/s1. The van der Waals surface area contributed by atoms with Gasteiger partial charge in [0, 0.05) is 15.7 Å². The maximum atomic E-state index is 12.6. The van der Waals surface area contributed by atoms with E-state index in [1.165, 1.54) is 31.2 Å². The minimum atomic E-state index is -3.87. The normalized spacial score (nSPS) is 12.7. The largest absolute Gasteiger partial charge is 0.325 e. The van der Waals surface area contributed by atoms with Gasteiger partial charge >= 0.3 is 0 Å². The van der Waals surface area contributed by atoms with Crippen LogP contribution >= 0.6 is 23.2 Å². The molecule has 0 heterocycles. The van der Waals surface area contributed by atoms with Crippen LogP contribution in [-0.4, -0.2) is 20.4 Å². The maximum absolute atomic E-state index is 12.6. The van der Waals surface area contributed by atoms with Crippen molar-refractivity contribution in [2.75, 3.05) is 5.32 Å². The highest BCUT2D eigenvalue weighted by Gasteiger charge is 2.22. The second-order valence-electron chi connectivity index (χ2n) is 6.00. The van der Waals surface area contributed by atoms with E-state index in [4.69, 9.17) is 23.2 Å². The van der Waals surface area contributed by atoms with Gasteiger partial charge in [0.15, 0.2) is 0 Å². The van der Waals surface area contributed by atoms with Crippen molar-refractivity contribution in [1.29, 1.82) is 0 Å². The van der Waals surface area contributed by atoms with E-state index in [2.05, 4.69) is 10.0 Å². The lowest BCUT2D eigenvalue weighted by atomic mass is 10.1. The summed E-state index contributed by atoms with van der Waals surface area (Å²) in [5.41, 5.74) is 0.384. The van der Waals surface area contributed by atoms with E-state index in [0.717, 1.165) is 10.8 Å². The monoisotopic (exact) mass is 422 g/mol. The molecule has 0 saturated heterocycles. The van der Waals surface area contributed by atoms with Crippen LogP contribution in [0, 0.1) is 0 Å². The number of nitrogens with one attached hydrogen (secondary N) is 2. The molecule has 5 nitrogen and oxygen atoms in total. The van der Waals surface area contributed by atoms with Crippen LogP contribution in [0.15, 0.2) is 65.6 Å². The van der Waals surface area contributed by atoms with Crippen LogP contribution in [0.5, 0.6) is 0 Å². The molecule has 3 aromatic carbocycles. The number of sulfonamides is 1. The minimum Gasteiger partial charge on any atom is -0.325 e. The molecule has 1 atom stereocenters. The van der Waals surface area contributed by atoms with Gasteiger partial charge in [0.2, 0.25) is 15.9 Å². The average Bonchev–Trinajstić information content (AvgIpc) is 2.60. The molecular formula is C19H16Cl2N2O3S. The average molecular weight is 423 g/mol. The number of fused-ring (bicyclic) bond motifs is 1. The lowest BCUT2D eigenvalue weighted by Gasteiger charge is -2.15. The van der Waals surface area contributed by atoms with Crippen molar-refractivity contribution in [2.24, 2.45) is 0 Å². The van der Waals surface area contributed by atoms with E-state index in [0.29, 0.717) is 15.7 Å². The number of anilines is 1. The molecule has 0 aliphatic carbocycles. The molecular weight excluding hydrogens is 407 g/mol. The second-order valence-corrected chi connectivity index (χ2v) is 8.59. The van der Waals surface area contributed by atoms with Crippen LogP contribution in [0.2, 0.25) is 10.0 Å². The number of halogens is 2. The summed E-state index contributed by atoms with van der Waals surface area (Å²) in [6.45, 7) is 1.46. The highest BCUT2D eigenvalue weighted by molar-refractivity contribution is 7.89. The Bertz CT molecular complexity index is 1100. The van der Waals surface area contributed by atoms with Gasteiger partial charge < -0.3 is 5.32 Å². The van der Waals surface area contributed by atoms with Crippen molar-refractivity contribution >= 4 is 55.6 Å². The fraction of sp³-hybridized carbons (Fsp3) is 0.105. The third-order valence-corrected chi connectivity index (χ3v) is 5.86. The fourth-order valence-corrected chi connectivity index (χ4v) is 4.33. The van der Waals surface area contributed by atoms with Gasteiger partial charge in [-0.3, -0.25) is 4.79 Å². The fourth-order valence-electron chi connectivity index (χ4n) is 2.57. The molecule has 0 bridgehead atoms. The van der Waals surface area contributed by atoms with Crippen LogP contribution < -0.4 is 10.0 Å². The molecule has 0 spiro atoms. The van der Waals surface area contributed by atoms with Crippen molar-refractivity contribution in [2.45, 2.75) is 17.9 Å². The number of benzene rings is 3. The van der Waals surface area contributed by atoms with Crippen molar-refractivity contribution in [1.82, 2.24) is 4.72 Å². The van der Waals surface area contributed by atoms with Gasteiger partial charge in [0.05, 0.1) is 10.9 Å². The molecule has 0 fully saturated rings. The van der Waals surface area contributed by atoms with Crippen molar-refractivity contribution in [3.8, 4) is 0 Å². The summed E-state index contributed by atoms with van der Waals surface area (Å²) in [5.74, 6) is -0.530. The SMILES string of the molecule is C[C@H](NS(=O)(=O)c1ccc2ccccc2c1)C(=O)Nc1cc(Cl)cc(Cl)c1. The molecule has 140 valence electrons. The van der Waals surface area contributed by atoms with Gasteiger partial charge in [-0.25, -0.2) is 8.42 Å². The molecule has 0 radical (unpaired) electrons. The summed E-state index contributed by atoms with van der Waals surface area (Å²) in [5, 5.41) is 5.05. The quantitative estimate of drug-likeness (QED) is 0.637. The Morgan fingerprint density at radius 1 is 0.926 bits per heavy atom. The molecule has 8 heteroatoms. The van der Waals surface area contributed by atoms with Gasteiger partial charge in [-0.15, -0.1) is 0 Å². The van der Waals surface area contributed by atoms with E-state index in [9.17, 15) is 13.2 Å². The minimum absolute atomic E-state index is 0.0895. The van der Waals surface area contributed by atoms with E-state index in [-0.39, 0.29) is 4.90 Å². The maximum Gasteiger partial charge on any atom is 0.242 e. The first kappa shape index (κ1) is 19.6. The Balaban J connectivity index is 1.76. The number of hydrogen-bond donors (Lipinski definition) is 2. The van der Waals surface area contributed by atoms with Gasteiger partial charge in [-0.1, -0.05) is 53.5 Å². The van der Waals surface area contributed by atoms with Gasteiger partial charge in [-0.2, -0.15) is 4.72 Å². The number of hydrogen-bond acceptors (Lipinski definition) is 3. The lowest BCUT2D eigenvalue weighted by molar-refractivity contribution is -0.117. The van der Waals surface area contributed by atoms with Crippen LogP contribution in [-0.2, 0) is 14.8 Å². The van der Waals surface area contributed by atoms with Gasteiger partial charge in [0.25, 0.3) is 0 Å². The van der Waals surface area contributed by atoms with Crippen LogP contribution in [0.1, 0.15) is 6.92 Å². The summed E-state index contributed by atoms with van der Waals surface area (Å²) in [7, 11) is -3.87. The van der Waals surface area contributed by atoms with Crippen molar-refractivity contribution in [3.63, 3.8) is 0 Å². The Labute approximate surface area is 167 Å². The van der Waals surface area contributed by atoms with Crippen LogP contribution in [0.25, 0.3) is 10.8 Å². The van der Waals surface area contributed by atoms with E-state index >= 15 is 0 Å². The zero-order valence-corrected chi connectivity index (χ0v) is 16.6. The Morgan fingerprint density at radius 2 is 1.56 bits per heavy atom. The van der Waals surface area contributed by atoms with Crippen LogP contribution in [0.3, 0.4) is 0 Å². The summed E-state index contributed by atoms with van der Waals surface area (Å²) < 4.78 is 27.6. The smallest absolute Gasteiger partial charge is 0.242 e. The molecule has 1 amide bonds. The number of carbonyl (C=O) groups excluding carboxylic acids is 1. The third-order valence-electron chi connectivity index (χ3n) is 3.89. The number of rotatable bonds is 5. The highest BCUT2D eigenvalue weighted by Crippen LogP contribution is 2.23.